The Labute approximate surface area is 156 Å². The van der Waals surface area contributed by atoms with Crippen molar-refractivity contribution >= 4 is 16.7 Å². The van der Waals surface area contributed by atoms with Gasteiger partial charge in [0.2, 0.25) is 0 Å². The molecule has 2 fully saturated rings. The first-order valence-electron chi connectivity index (χ1n) is 10.2. The normalized spacial score (nSPS) is 22.5. The lowest BCUT2D eigenvalue weighted by molar-refractivity contribution is 0.153. The molecule has 4 nitrogen and oxygen atoms in total. The summed E-state index contributed by atoms with van der Waals surface area (Å²) in [5.74, 6) is 1.09. The first-order valence-corrected chi connectivity index (χ1v) is 10.2. The zero-order valence-electron chi connectivity index (χ0n) is 16.0. The molecular weight excluding hydrogens is 322 g/mol. The number of nitrogens with zero attached hydrogens (tertiary/aromatic N) is 3. The summed E-state index contributed by atoms with van der Waals surface area (Å²) in [4.78, 5) is 9.95. The minimum absolute atomic E-state index is 0.231. The van der Waals surface area contributed by atoms with Crippen LogP contribution in [0.25, 0.3) is 10.9 Å². The number of β-amino-alcohol motifs (C(OH)–C–C–N with tert-alkyl or cyclic N) is 1. The van der Waals surface area contributed by atoms with Crippen LogP contribution in [0.15, 0.2) is 24.3 Å². The van der Waals surface area contributed by atoms with Gasteiger partial charge in [0.25, 0.3) is 0 Å². The molecule has 0 amide bonds. The van der Waals surface area contributed by atoms with Gasteiger partial charge in [0, 0.05) is 30.6 Å². The number of piperidine rings is 1. The molecule has 1 aromatic heterocycles. The van der Waals surface area contributed by atoms with E-state index in [4.69, 9.17) is 4.98 Å². The smallest absolute Gasteiger partial charge is 0.133 e. The van der Waals surface area contributed by atoms with Crippen molar-refractivity contribution in [3.63, 3.8) is 0 Å². The number of aliphatic hydroxyl groups excluding tert-OH is 1. The predicted molar refractivity (Wildman–Crippen MR) is 108 cm³/mol. The van der Waals surface area contributed by atoms with Crippen LogP contribution in [-0.4, -0.2) is 47.3 Å². The number of aryl methyl sites for hydroxylation is 1. The Morgan fingerprint density at radius 3 is 2.62 bits per heavy atom. The molecule has 0 aliphatic carbocycles. The SMILES string of the molecule is Cc1ccc2nc(N3CCCC(O)C3)c(CN3CCCCCC3)cc2c1. The molecule has 2 aromatic rings. The molecule has 2 aliphatic rings. The predicted octanol–water partition coefficient (Wildman–Crippen LogP) is 3.88. The van der Waals surface area contributed by atoms with E-state index in [9.17, 15) is 5.11 Å². The molecule has 2 aliphatic heterocycles. The van der Waals surface area contributed by atoms with Crippen molar-refractivity contribution in [1.29, 1.82) is 0 Å². The molecule has 0 radical (unpaired) electrons. The highest BCUT2D eigenvalue weighted by Gasteiger charge is 2.23. The van der Waals surface area contributed by atoms with E-state index in [1.165, 1.54) is 55.3 Å². The molecule has 0 spiro atoms. The van der Waals surface area contributed by atoms with E-state index in [1.807, 2.05) is 0 Å². The number of pyridine rings is 1. The molecule has 140 valence electrons. The summed E-state index contributed by atoms with van der Waals surface area (Å²) >= 11 is 0. The summed E-state index contributed by atoms with van der Waals surface area (Å²) in [6.07, 6.45) is 7.04. The van der Waals surface area contributed by atoms with Crippen molar-refractivity contribution in [2.45, 2.75) is 58.1 Å². The van der Waals surface area contributed by atoms with Crippen molar-refractivity contribution in [2.24, 2.45) is 0 Å². The molecule has 0 saturated carbocycles. The van der Waals surface area contributed by atoms with Gasteiger partial charge >= 0.3 is 0 Å². The second-order valence-electron chi connectivity index (χ2n) is 8.10. The third kappa shape index (κ3) is 4.02. The van der Waals surface area contributed by atoms with Gasteiger partial charge in [-0.25, -0.2) is 4.98 Å². The maximum absolute atomic E-state index is 10.2. The summed E-state index contributed by atoms with van der Waals surface area (Å²) in [5, 5.41) is 11.4. The highest BCUT2D eigenvalue weighted by atomic mass is 16.3. The lowest BCUT2D eigenvalue weighted by Gasteiger charge is -2.33. The van der Waals surface area contributed by atoms with Gasteiger partial charge in [-0.2, -0.15) is 0 Å². The summed E-state index contributed by atoms with van der Waals surface area (Å²) in [6, 6.07) is 8.85. The van der Waals surface area contributed by atoms with Crippen LogP contribution in [0.3, 0.4) is 0 Å². The highest BCUT2D eigenvalue weighted by Crippen LogP contribution is 2.28. The molecule has 3 heterocycles. The van der Waals surface area contributed by atoms with E-state index in [0.717, 1.165) is 37.3 Å². The molecular formula is C22H31N3O. The summed E-state index contributed by atoms with van der Waals surface area (Å²) < 4.78 is 0. The van der Waals surface area contributed by atoms with Gasteiger partial charge in [-0.15, -0.1) is 0 Å². The van der Waals surface area contributed by atoms with Crippen molar-refractivity contribution in [2.75, 3.05) is 31.1 Å². The number of aliphatic hydroxyl groups is 1. The van der Waals surface area contributed by atoms with Gasteiger partial charge < -0.3 is 10.0 Å². The summed E-state index contributed by atoms with van der Waals surface area (Å²) in [7, 11) is 0. The third-order valence-corrected chi connectivity index (χ3v) is 5.82. The van der Waals surface area contributed by atoms with Gasteiger partial charge in [0.15, 0.2) is 0 Å². The van der Waals surface area contributed by atoms with Gasteiger partial charge in [-0.1, -0.05) is 24.5 Å². The second-order valence-corrected chi connectivity index (χ2v) is 8.10. The second kappa shape index (κ2) is 7.93. The maximum Gasteiger partial charge on any atom is 0.133 e. The Balaban J connectivity index is 1.70. The Morgan fingerprint density at radius 1 is 1.04 bits per heavy atom. The number of aromatic nitrogens is 1. The fourth-order valence-corrected chi connectivity index (χ4v) is 4.40. The van der Waals surface area contributed by atoms with Crippen molar-refractivity contribution in [1.82, 2.24) is 9.88 Å². The monoisotopic (exact) mass is 353 g/mol. The highest BCUT2D eigenvalue weighted by molar-refractivity contribution is 5.82. The van der Waals surface area contributed by atoms with E-state index >= 15 is 0 Å². The van der Waals surface area contributed by atoms with E-state index in [0.29, 0.717) is 6.54 Å². The van der Waals surface area contributed by atoms with Crippen molar-refractivity contribution in [3.8, 4) is 0 Å². The number of rotatable bonds is 3. The van der Waals surface area contributed by atoms with E-state index in [1.54, 1.807) is 0 Å². The summed E-state index contributed by atoms with van der Waals surface area (Å²) in [6.45, 7) is 7.19. The first kappa shape index (κ1) is 17.7. The molecule has 1 atom stereocenters. The van der Waals surface area contributed by atoms with Crippen LogP contribution in [0, 0.1) is 6.92 Å². The number of hydrogen-bond donors (Lipinski definition) is 1. The van der Waals surface area contributed by atoms with Gasteiger partial charge in [-0.3, -0.25) is 4.90 Å². The molecule has 1 N–H and O–H groups in total. The van der Waals surface area contributed by atoms with Crippen LogP contribution in [0.1, 0.15) is 49.7 Å². The van der Waals surface area contributed by atoms with Gasteiger partial charge in [0.05, 0.1) is 11.6 Å². The molecule has 26 heavy (non-hydrogen) atoms. The topological polar surface area (TPSA) is 39.6 Å². The van der Waals surface area contributed by atoms with Crippen LogP contribution >= 0.6 is 0 Å². The van der Waals surface area contributed by atoms with Crippen LogP contribution in [-0.2, 0) is 6.54 Å². The van der Waals surface area contributed by atoms with Crippen LogP contribution < -0.4 is 4.90 Å². The molecule has 4 rings (SSSR count). The van der Waals surface area contributed by atoms with Crippen LogP contribution in [0.4, 0.5) is 5.82 Å². The fourth-order valence-electron chi connectivity index (χ4n) is 4.40. The lowest BCUT2D eigenvalue weighted by Crippen LogP contribution is -2.39. The number of hydrogen-bond acceptors (Lipinski definition) is 4. The third-order valence-electron chi connectivity index (χ3n) is 5.82. The average Bonchev–Trinajstić information content (AvgIpc) is 2.90. The molecule has 0 bridgehead atoms. The quantitative estimate of drug-likeness (QED) is 0.909. The van der Waals surface area contributed by atoms with Crippen molar-refractivity contribution < 1.29 is 5.11 Å². The Hall–Kier alpha value is -1.65. The number of benzene rings is 1. The molecule has 2 saturated heterocycles. The molecule has 1 aromatic carbocycles. The van der Waals surface area contributed by atoms with Gasteiger partial charge in [0.1, 0.15) is 5.82 Å². The number of fused-ring (bicyclic) bond motifs is 1. The van der Waals surface area contributed by atoms with E-state index in [-0.39, 0.29) is 6.10 Å². The number of anilines is 1. The fraction of sp³-hybridized carbons (Fsp3) is 0.591. The maximum atomic E-state index is 10.2. The zero-order chi connectivity index (χ0) is 17.9. The van der Waals surface area contributed by atoms with E-state index in [2.05, 4.69) is 41.0 Å². The standard InChI is InChI=1S/C22H31N3O/c1-17-8-9-21-18(13-17)14-19(15-24-10-4-2-3-5-11-24)22(23-21)25-12-6-7-20(26)16-25/h8-9,13-14,20,26H,2-7,10-12,15-16H2,1H3. The van der Waals surface area contributed by atoms with Crippen LogP contribution in [0.5, 0.6) is 0 Å². The summed E-state index contributed by atoms with van der Waals surface area (Å²) in [5.41, 5.74) is 3.66. The van der Waals surface area contributed by atoms with Gasteiger partial charge in [-0.05, 0) is 63.9 Å². The van der Waals surface area contributed by atoms with E-state index < -0.39 is 0 Å². The Bertz CT molecular complexity index is 752. The molecule has 1 unspecified atom stereocenters. The minimum atomic E-state index is -0.231. The first-order chi connectivity index (χ1) is 12.7. The largest absolute Gasteiger partial charge is 0.391 e. The number of likely N-dealkylation sites (tertiary alicyclic amines) is 1. The Kier molecular flexibility index (Phi) is 5.41. The molecule has 4 heteroatoms. The lowest BCUT2D eigenvalue weighted by atomic mass is 10.1. The minimum Gasteiger partial charge on any atom is -0.391 e. The average molecular weight is 354 g/mol. The Morgan fingerprint density at radius 2 is 1.85 bits per heavy atom. The van der Waals surface area contributed by atoms with Crippen LogP contribution in [0.2, 0.25) is 0 Å². The van der Waals surface area contributed by atoms with Crippen molar-refractivity contribution in [3.05, 3.63) is 35.4 Å². The zero-order valence-corrected chi connectivity index (χ0v) is 16.0.